The first-order chi connectivity index (χ1) is 18.3. The molecule has 8 nitrogen and oxygen atoms in total. The Bertz CT molecular complexity index is 1660. The van der Waals surface area contributed by atoms with E-state index in [4.69, 9.17) is 9.40 Å². The molecule has 13 heteroatoms. The number of fused-ring (bicyclic) bond motifs is 1. The van der Waals surface area contributed by atoms with Gasteiger partial charge in [0.25, 0.3) is 5.91 Å². The molecule has 39 heavy (non-hydrogen) atoms. The van der Waals surface area contributed by atoms with Crippen LogP contribution >= 0.6 is 15.9 Å². The van der Waals surface area contributed by atoms with Crippen LogP contribution in [0, 0.1) is 0 Å². The number of benzene rings is 2. The molecule has 0 atom stereocenters. The van der Waals surface area contributed by atoms with E-state index in [1.165, 1.54) is 18.2 Å². The van der Waals surface area contributed by atoms with Gasteiger partial charge >= 0.3 is 15.5 Å². The van der Waals surface area contributed by atoms with E-state index in [-0.39, 0.29) is 28.8 Å². The topological polar surface area (TPSA) is 106 Å². The molecule has 0 aliphatic rings. The van der Waals surface area contributed by atoms with Gasteiger partial charge < -0.3 is 14.3 Å². The van der Waals surface area contributed by atoms with Gasteiger partial charge in [0.05, 0.1) is 15.9 Å². The highest BCUT2D eigenvalue weighted by molar-refractivity contribution is 9.10. The van der Waals surface area contributed by atoms with Crippen molar-refractivity contribution < 1.29 is 30.8 Å². The lowest BCUT2D eigenvalue weighted by Crippen LogP contribution is -2.30. The predicted octanol–water partition coefficient (Wildman–Crippen LogP) is 6.41. The van der Waals surface area contributed by atoms with Crippen LogP contribution in [-0.4, -0.2) is 36.4 Å². The molecule has 1 amide bonds. The summed E-state index contributed by atoms with van der Waals surface area (Å²) in [6.45, 7) is 6.25. The maximum absolute atomic E-state index is 13.0. The van der Waals surface area contributed by atoms with Crippen molar-refractivity contribution in [3.8, 4) is 11.3 Å². The minimum atomic E-state index is -5.64. The van der Waals surface area contributed by atoms with Gasteiger partial charge in [-0.1, -0.05) is 39.0 Å². The molecule has 2 heterocycles. The number of hydrogen-bond acceptors (Lipinski definition) is 5. The van der Waals surface area contributed by atoms with Crippen molar-refractivity contribution in [3.05, 3.63) is 69.7 Å². The number of amides is 1. The standard InChI is InChI=1S/C26H26BrF3N4O4S/c1-5-20-32-22(14(2)3)23(25(35)31-4)34(20)13-15-10-11-19-17(12-15)21(27)24(38-19)16-8-6-7-9-18(16)33-39(36,37)26(28,29)30/h6-12,14,33H,5,13H2,1-4H3,(H,31,35). The molecule has 2 aromatic carbocycles. The zero-order valence-electron chi connectivity index (χ0n) is 21.5. The first kappa shape index (κ1) is 28.7. The molecule has 0 fully saturated rings. The quantitative estimate of drug-likeness (QED) is 0.235. The molecule has 4 aromatic rings. The summed E-state index contributed by atoms with van der Waals surface area (Å²) in [6.07, 6.45) is 0.614. The van der Waals surface area contributed by atoms with Gasteiger partial charge in [0.15, 0.2) is 5.76 Å². The van der Waals surface area contributed by atoms with E-state index in [9.17, 15) is 26.4 Å². The Kier molecular flexibility index (Phi) is 7.86. The molecule has 2 N–H and O–H groups in total. The fraction of sp³-hybridized carbons (Fsp3) is 0.308. The van der Waals surface area contributed by atoms with Crippen LogP contribution in [-0.2, 0) is 23.0 Å². The maximum atomic E-state index is 13.0. The molecular weight excluding hydrogens is 601 g/mol. The van der Waals surface area contributed by atoms with Crippen molar-refractivity contribution in [2.45, 2.75) is 45.2 Å². The summed E-state index contributed by atoms with van der Waals surface area (Å²) in [7, 11) is -4.07. The Morgan fingerprint density at radius 3 is 2.49 bits per heavy atom. The highest BCUT2D eigenvalue weighted by Gasteiger charge is 2.46. The lowest BCUT2D eigenvalue weighted by molar-refractivity contribution is -0.0429. The fourth-order valence-electron chi connectivity index (χ4n) is 4.26. The summed E-state index contributed by atoms with van der Waals surface area (Å²) < 4.78 is 72.4. The van der Waals surface area contributed by atoms with E-state index in [0.717, 1.165) is 11.4 Å². The van der Waals surface area contributed by atoms with Crippen molar-refractivity contribution in [1.29, 1.82) is 0 Å². The number of anilines is 1. The van der Waals surface area contributed by atoms with E-state index < -0.39 is 15.5 Å². The van der Waals surface area contributed by atoms with Crippen LogP contribution in [0.15, 0.2) is 51.4 Å². The summed E-state index contributed by atoms with van der Waals surface area (Å²) in [5.41, 5.74) is -3.18. The second-order valence-electron chi connectivity index (χ2n) is 9.11. The van der Waals surface area contributed by atoms with Gasteiger partial charge in [-0.05, 0) is 51.7 Å². The number of alkyl halides is 3. The first-order valence-electron chi connectivity index (χ1n) is 12.0. The van der Waals surface area contributed by atoms with Gasteiger partial charge in [-0.25, -0.2) is 4.98 Å². The summed E-state index contributed by atoms with van der Waals surface area (Å²) in [5.74, 6) is 0.714. The van der Waals surface area contributed by atoms with Crippen LogP contribution in [0.4, 0.5) is 18.9 Å². The Hall–Kier alpha value is -3.32. The summed E-state index contributed by atoms with van der Waals surface area (Å²) in [4.78, 5) is 17.5. The number of nitrogens with one attached hydrogen (secondary N) is 2. The van der Waals surface area contributed by atoms with Crippen molar-refractivity contribution >= 4 is 48.5 Å². The minimum Gasteiger partial charge on any atom is -0.455 e. The van der Waals surface area contributed by atoms with Crippen LogP contribution in [0.2, 0.25) is 0 Å². The largest absolute Gasteiger partial charge is 0.516 e. The van der Waals surface area contributed by atoms with Crippen molar-refractivity contribution in [2.75, 3.05) is 11.8 Å². The van der Waals surface area contributed by atoms with E-state index in [0.29, 0.717) is 39.8 Å². The van der Waals surface area contributed by atoms with Crippen LogP contribution < -0.4 is 10.0 Å². The average molecular weight is 627 g/mol. The number of rotatable bonds is 8. The monoisotopic (exact) mass is 626 g/mol. The third kappa shape index (κ3) is 5.42. The van der Waals surface area contributed by atoms with Crippen LogP contribution in [0.3, 0.4) is 0 Å². The molecule has 0 saturated heterocycles. The third-order valence-electron chi connectivity index (χ3n) is 6.13. The number of carbonyl (C=O) groups is 1. The Morgan fingerprint density at radius 1 is 1.18 bits per heavy atom. The van der Waals surface area contributed by atoms with Gasteiger partial charge in [0.1, 0.15) is 17.1 Å². The summed E-state index contributed by atoms with van der Waals surface area (Å²) >= 11 is 3.49. The second-order valence-corrected chi connectivity index (χ2v) is 11.6. The number of hydrogen-bond donors (Lipinski definition) is 2. The highest BCUT2D eigenvalue weighted by Crippen LogP contribution is 2.42. The maximum Gasteiger partial charge on any atom is 0.516 e. The SMILES string of the molecule is CCc1nc(C(C)C)c(C(=O)NC)n1Cc1ccc2oc(-c3ccccc3NS(=O)(=O)C(F)(F)F)c(Br)c2c1. The van der Waals surface area contributed by atoms with E-state index in [2.05, 4.69) is 21.2 Å². The van der Waals surface area contributed by atoms with Gasteiger partial charge in [-0.15, -0.1) is 0 Å². The molecule has 4 rings (SSSR count). The van der Waals surface area contributed by atoms with E-state index in [1.54, 1.807) is 23.9 Å². The van der Waals surface area contributed by atoms with Crippen LogP contribution in [0.1, 0.15) is 54.3 Å². The Labute approximate surface area is 231 Å². The van der Waals surface area contributed by atoms with Crippen molar-refractivity contribution in [1.82, 2.24) is 14.9 Å². The number of sulfonamides is 1. The molecule has 0 saturated carbocycles. The normalized spacial score (nSPS) is 12.3. The summed E-state index contributed by atoms with van der Waals surface area (Å²) in [6, 6.07) is 11.0. The first-order valence-corrected chi connectivity index (χ1v) is 14.3. The number of furan rings is 1. The smallest absolute Gasteiger partial charge is 0.455 e. The molecule has 0 aliphatic carbocycles. The molecule has 208 valence electrons. The molecule has 0 spiro atoms. The number of imidazole rings is 1. The number of carbonyl (C=O) groups excluding carboxylic acids is 1. The fourth-order valence-corrected chi connectivity index (χ4v) is 5.45. The number of halogens is 4. The Morgan fingerprint density at radius 2 is 1.87 bits per heavy atom. The molecule has 0 radical (unpaired) electrons. The summed E-state index contributed by atoms with van der Waals surface area (Å²) in [5, 5.41) is 3.31. The lowest BCUT2D eigenvalue weighted by atomic mass is 10.1. The van der Waals surface area contributed by atoms with Crippen molar-refractivity contribution in [2.24, 2.45) is 0 Å². The van der Waals surface area contributed by atoms with Gasteiger partial charge in [-0.2, -0.15) is 21.6 Å². The van der Waals surface area contributed by atoms with E-state index in [1.807, 2.05) is 37.5 Å². The molecule has 0 unspecified atom stereocenters. The highest BCUT2D eigenvalue weighted by atomic mass is 79.9. The number of nitrogens with zero attached hydrogens (tertiary/aromatic N) is 2. The van der Waals surface area contributed by atoms with Gasteiger partial charge in [0.2, 0.25) is 0 Å². The molecule has 0 bridgehead atoms. The van der Waals surface area contributed by atoms with Gasteiger partial charge in [0, 0.05) is 31.0 Å². The van der Waals surface area contributed by atoms with Gasteiger partial charge in [-0.3, -0.25) is 9.52 Å². The zero-order valence-corrected chi connectivity index (χ0v) is 23.9. The number of aryl methyl sites for hydroxylation is 1. The van der Waals surface area contributed by atoms with Crippen molar-refractivity contribution in [3.63, 3.8) is 0 Å². The Balaban J connectivity index is 1.78. The number of para-hydroxylation sites is 1. The number of aromatic nitrogens is 2. The zero-order chi connectivity index (χ0) is 28.7. The average Bonchev–Trinajstić information content (AvgIpc) is 3.40. The van der Waals surface area contributed by atoms with Crippen LogP contribution in [0.25, 0.3) is 22.3 Å². The predicted molar refractivity (Wildman–Crippen MR) is 146 cm³/mol. The molecule has 2 aromatic heterocycles. The molecule has 0 aliphatic heterocycles. The van der Waals surface area contributed by atoms with E-state index >= 15 is 0 Å². The lowest BCUT2D eigenvalue weighted by Gasteiger charge is -2.13. The molecular formula is C26H26BrF3N4O4S. The second kappa shape index (κ2) is 10.7. The third-order valence-corrected chi connectivity index (χ3v) is 8.02. The van der Waals surface area contributed by atoms with Crippen LogP contribution in [0.5, 0.6) is 0 Å². The minimum absolute atomic E-state index is 0.0340.